The molecule has 4 nitrogen and oxygen atoms in total. The molecule has 1 atom stereocenters. The zero-order valence-corrected chi connectivity index (χ0v) is 7.32. The van der Waals surface area contributed by atoms with Crippen LogP contribution in [0, 0.1) is 0 Å². The third-order valence-corrected chi connectivity index (χ3v) is 1.74. The lowest BCUT2D eigenvalue weighted by molar-refractivity contribution is -0.0349. The molecule has 1 unspecified atom stereocenters. The largest absolute Gasteiger partial charge is 0.477 e. The number of carboxylic acid groups (broad SMARTS) is 1. The molecule has 0 aliphatic heterocycles. The fraction of sp³-hybridized carbons (Fsp3) is 0.250. The molecule has 15 heavy (non-hydrogen) atoms. The highest BCUT2D eigenvalue weighted by Crippen LogP contribution is 2.27. The molecule has 0 amide bonds. The molecule has 0 aromatic carbocycles. The smallest absolute Gasteiger partial charge is 0.354 e. The van der Waals surface area contributed by atoms with Crippen LogP contribution in [0.4, 0.5) is 13.2 Å². The van der Waals surface area contributed by atoms with Gasteiger partial charge in [0.25, 0.3) is 6.43 Å². The van der Waals surface area contributed by atoms with E-state index in [9.17, 15) is 18.0 Å². The SMILES string of the molecule is NC(F)(c1ccnc(C(=O)O)c1)C(F)F. The van der Waals surface area contributed by atoms with Crippen LogP contribution in [0.15, 0.2) is 18.3 Å². The summed E-state index contributed by atoms with van der Waals surface area (Å²) in [5.74, 6) is -4.81. The Labute approximate surface area is 82.5 Å². The minimum atomic E-state index is -3.44. The molecule has 3 N–H and O–H groups in total. The molecule has 82 valence electrons. The van der Waals surface area contributed by atoms with Crippen molar-refractivity contribution in [3.05, 3.63) is 29.6 Å². The lowest BCUT2D eigenvalue weighted by Crippen LogP contribution is -2.39. The van der Waals surface area contributed by atoms with Crippen molar-refractivity contribution < 1.29 is 23.1 Å². The van der Waals surface area contributed by atoms with Crippen molar-refractivity contribution in [3.63, 3.8) is 0 Å². The van der Waals surface area contributed by atoms with Crippen LogP contribution in [-0.4, -0.2) is 22.5 Å². The molecule has 0 aliphatic carbocycles. The number of halogens is 3. The molecule has 1 heterocycles. The van der Waals surface area contributed by atoms with E-state index in [4.69, 9.17) is 10.8 Å². The molecular formula is C8H7F3N2O2. The van der Waals surface area contributed by atoms with Crippen molar-refractivity contribution >= 4 is 5.97 Å². The average Bonchev–Trinajstić information content (AvgIpc) is 2.17. The lowest BCUT2D eigenvalue weighted by atomic mass is 10.1. The van der Waals surface area contributed by atoms with Gasteiger partial charge in [0.1, 0.15) is 5.69 Å². The highest BCUT2D eigenvalue weighted by Gasteiger charge is 2.38. The van der Waals surface area contributed by atoms with Crippen LogP contribution in [0.5, 0.6) is 0 Å². The van der Waals surface area contributed by atoms with Crippen LogP contribution in [0.25, 0.3) is 0 Å². The first-order valence-corrected chi connectivity index (χ1v) is 3.81. The number of rotatable bonds is 3. The van der Waals surface area contributed by atoms with Crippen LogP contribution in [0.1, 0.15) is 16.1 Å². The highest BCUT2D eigenvalue weighted by atomic mass is 19.3. The van der Waals surface area contributed by atoms with E-state index >= 15 is 0 Å². The number of carboxylic acids is 1. The monoisotopic (exact) mass is 220 g/mol. The number of carbonyl (C=O) groups is 1. The first-order chi connectivity index (χ1) is 6.85. The van der Waals surface area contributed by atoms with Crippen molar-refractivity contribution in [2.45, 2.75) is 12.2 Å². The minimum Gasteiger partial charge on any atom is -0.477 e. The van der Waals surface area contributed by atoms with Crippen molar-refractivity contribution in [1.82, 2.24) is 4.98 Å². The number of nitrogens with zero attached hydrogens (tertiary/aromatic N) is 1. The highest BCUT2D eigenvalue weighted by molar-refractivity contribution is 5.85. The van der Waals surface area contributed by atoms with E-state index in [0.29, 0.717) is 6.07 Å². The van der Waals surface area contributed by atoms with Crippen LogP contribution in [0.2, 0.25) is 0 Å². The third-order valence-electron chi connectivity index (χ3n) is 1.74. The molecule has 0 fully saturated rings. The normalized spacial score (nSPS) is 15.0. The van der Waals surface area contributed by atoms with Gasteiger partial charge in [-0.05, 0) is 12.1 Å². The van der Waals surface area contributed by atoms with Gasteiger partial charge in [-0.1, -0.05) is 0 Å². The molecule has 0 aliphatic rings. The summed E-state index contributed by atoms with van der Waals surface area (Å²) in [5, 5.41) is 8.50. The molecule has 0 bridgehead atoms. The number of pyridine rings is 1. The molecule has 0 spiro atoms. The van der Waals surface area contributed by atoms with Gasteiger partial charge in [-0.3, -0.25) is 5.73 Å². The maximum atomic E-state index is 13.2. The molecule has 0 radical (unpaired) electrons. The number of hydrogen-bond acceptors (Lipinski definition) is 3. The predicted molar refractivity (Wildman–Crippen MR) is 44.2 cm³/mol. The topological polar surface area (TPSA) is 76.2 Å². The van der Waals surface area contributed by atoms with Gasteiger partial charge in [-0.2, -0.15) is 0 Å². The van der Waals surface area contributed by atoms with Gasteiger partial charge < -0.3 is 5.11 Å². The van der Waals surface area contributed by atoms with E-state index in [1.807, 2.05) is 0 Å². The van der Waals surface area contributed by atoms with E-state index < -0.39 is 29.4 Å². The minimum absolute atomic E-state index is 0.541. The Morgan fingerprint density at radius 3 is 2.67 bits per heavy atom. The summed E-state index contributed by atoms with van der Waals surface area (Å²) in [4.78, 5) is 13.8. The van der Waals surface area contributed by atoms with Gasteiger partial charge in [0, 0.05) is 11.8 Å². The quantitative estimate of drug-likeness (QED) is 0.748. The van der Waals surface area contributed by atoms with Crippen molar-refractivity contribution in [3.8, 4) is 0 Å². The van der Waals surface area contributed by atoms with Crippen molar-refractivity contribution in [2.24, 2.45) is 5.73 Å². The van der Waals surface area contributed by atoms with Crippen LogP contribution in [0.3, 0.4) is 0 Å². The lowest BCUT2D eigenvalue weighted by Gasteiger charge is -2.19. The summed E-state index contributed by atoms with van der Waals surface area (Å²) in [7, 11) is 0. The summed E-state index contributed by atoms with van der Waals surface area (Å²) >= 11 is 0. The van der Waals surface area contributed by atoms with E-state index in [-0.39, 0.29) is 0 Å². The van der Waals surface area contributed by atoms with Crippen molar-refractivity contribution in [1.29, 1.82) is 0 Å². The van der Waals surface area contributed by atoms with E-state index in [1.165, 1.54) is 0 Å². The number of alkyl halides is 3. The summed E-state index contributed by atoms with van der Waals surface area (Å²) in [6.07, 6.45) is -2.54. The first-order valence-electron chi connectivity index (χ1n) is 3.81. The summed E-state index contributed by atoms with van der Waals surface area (Å²) in [6.45, 7) is 0. The maximum Gasteiger partial charge on any atom is 0.354 e. The zero-order chi connectivity index (χ0) is 11.6. The Morgan fingerprint density at radius 2 is 2.20 bits per heavy atom. The predicted octanol–water partition coefficient (Wildman–Crippen LogP) is 1.13. The number of aromatic nitrogens is 1. The Balaban J connectivity index is 3.16. The van der Waals surface area contributed by atoms with Gasteiger partial charge in [0.05, 0.1) is 0 Å². The van der Waals surface area contributed by atoms with E-state index in [0.717, 1.165) is 12.3 Å². The van der Waals surface area contributed by atoms with Gasteiger partial charge >= 0.3 is 5.97 Å². The van der Waals surface area contributed by atoms with Crippen molar-refractivity contribution in [2.75, 3.05) is 0 Å². The third kappa shape index (κ3) is 2.24. The van der Waals surface area contributed by atoms with Gasteiger partial charge in [-0.25, -0.2) is 22.9 Å². The van der Waals surface area contributed by atoms with Crippen LogP contribution < -0.4 is 5.73 Å². The molecule has 1 aromatic heterocycles. The second kappa shape index (κ2) is 3.85. The zero-order valence-electron chi connectivity index (χ0n) is 7.32. The number of hydrogen-bond donors (Lipinski definition) is 2. The summed E-state index contributed by atoms with van der Waals surface area (Å²) in [5.41, 5.74) is 3.55. The first kappa shape index (κ1) is 11.4. The second-order valence-corrected chi connectivity index (χ2v) is 2.80. The Morgan fingerprint density at radius 1 is 1.60 bits per heavy atom. The Kier molecular flexibility index (Phi) is 2.94. The second-order valence-electron chi connectivity index (χ2n) is 2.80. The fourth-order valence-corrected chi connectivity index (χ4v) is 0.912. The standard InChI is InChI=1S/C8H7F3N2O2/c9-7(10)8(11,12)4-1-2-13-5(3-4)6(14)15/h1-3,7H,12H2,(H,14,15). The summed E-state index contributed by atoms with van der Waals surface area (Å²) < 4.78 is 37.5. The number of aromatic carboxylic acids is 1. The Bertz CT molecular complexity index is 382. The molecule has 0 saturated heterocycles. The number of nitrogens with two attached hydrogens (primary N) is 1. The Hall–Kier alpha value is -1.63. The molecule has 1 rings (SSSR count). The van der Waals surface area contributed by atoms with Crippen LogP contribution >= 0.6 is 0 Å². The van der Waals surface area contributed by atoms with E-state index in [2.05, 4.69) is 4.98 Å². The van der Waals surface area contributed by atoms with Gasteiger partial charge in [0.15, 0.2) is 0 Å². The molecular weight excluding hydrogens is 213 g/mol. The average molecular weight is 220 g/mol. The van der Waals surface area contributed by atoms with E-state index in [1.54, 1.807) is 0 Å². The van der Waals surface area contributed by atoms with Gasteiger partial charge in [0.2, 0.25) is 5.79 Å². The maximum absolute atomic E-state index is 13.2. The summed E-state index contributed by atoms with van der Waals surface area (Å²) in [6, 6.07) is 1.58. The van der Waals surface area contributed by atoms with Gasteiger partial charge in [-0.15, -0.1) is 0 Å². The van der Waals surface area contributed by atoms with Crippen LogP contribution in [-0.2, 0) is 5.79 Å². The molecule has 7 heteroatoms. The molecule has 1 aromatic rings. The fourth-order valence-electron chi connectivity index (χ4n) is 0.912. The molecule has 0 saturated carbocycles.